The topological polar surface area (TPSA) is 49.3 Å². The molecule has 2 aromatic carbocycles. The van der Waals surface area contributed by atoms with Crippen molar-refractivity contribution in [1.82, 2.24) is 5.32 Å². The highest BCUT2D eigenvalue weighted by molar-refractivity contribution is 7.19. The van der Waals surface area contributed by atoms with Crippen LogP contribution in [-0.4, -0.2) is 17.6 Å². The van der Waals surface area contributed by atoms with Gasteiger partial charge in [0, 0.05) is 14.6 Å². The molecule has 1 aromatic heterocycles. The third kappa shape index (κ3) is 3.57. The summed E-state index contributed by atoms with van der Waals surface area (Å²) in [6.45, 7) is 1.76. The molecular formula is C18H15Cl2NO2S. The second-order valence-electron chi connectivity index (χ2n) is 5.73. The monoisotopic (exact) mass is 379 g/mol. The van der Waals surface area contributed by atoms with Crippen molar-refractivity contribution in [3.05, 3.63) is 69.0 Å². The number of carbonyl (C=O) groups is 1. The van der Waals surface area contributed by atoms with E-state index in [9.17, 15) is 9.90 Å². The Morgan fingerprint density at radius 2 is 1.96 bits per heavy atom. The van der Waals surface area contributed by atoms with E-state index >= 15 is 0 Å². The van der Waals surface area contributed by atoms with Gasteiger partial charge in [-0.15, -0.1) is 11.3 Å². The maximum absolute atomic E-state index is 12.3. The van der Waals surface area contributed by atoms with Crippen LogP contribution in [0.3, 0.4) is 0 Å². The van der Waals surface area contributed by atoms with Gasteiger partial charge < -0.3 is 10.4 Å². The number of thiophene rings is 1. The molecule has 0 aliphatic carbocycles. The van der Waals surface area contributed by atoms with Gasteiger partial charge in [-0.05, 0) is 42.6 Å². The fraction of sp³-hybridized carbons (Fsp3) is 0.167. The summed E-state index contributed by atoms with van der Waals surface area (Å²) in [5.74, 6) is -0.349. The standard InChI is InChI=1S/C18H15Cl2NO2S/c1-18(23,16-8-11-4-2-3-5-15(11)24-16)10-21-17(22)13-7-6-12(19)9-14(13)20/h2-9,23H,10H2,1H3,(H,21,22). The Hall–Kier alpha value is -1.59. The molecule has 3 nitrogen and oxygen atoms in total. The van der Waals surface area contributed by atoms with E-state index in [4.69, 9.17) is 23.2 Å². The summed E-state index contributed by atoms with van der Waals surface area (Å²) >= 11 is 13.4. The Morgan fingerprint density at radius 1 is 1.21 bits per heavy atom. The Kier molecular flexibility index (Phi) is 4.83. The molecule has 0 fully saturated rings. The number of halogens is 2. The number of rotatable bonds is 4. The minimum Gasteiger partial charge on any atom is -0.383 e. The average molecular weight is 380 g/mol. The summed E-state index contributed by atoms with van der Waals surface area (Å²) in [7, 11) is 0. The van der Waals surface area contributed by atoms with Gasteiger partial charge in [-0.25, -0.2) is 0 Å². The van der Waals surface area contributed by atoms with Crippen LogP contribution < -0.4 is 5.32 Å². The first-order valence-corrected chi connectivity index (χ1v) is 8.89. The van der Waals surface area contributed by atoms with E-state index in [1.165, 1.54) is 17.4 Å². The van der Waals surface area contributed by atoms with E-state index in [0.29, 0.717) is 10.6 Å². The van der Waals surface area contributed by atoms with Crippen LogP contribution in [0.1, 0.15) is 22.2 Å². The van der Waals surface area contributed by atoms with E-state index < -0.39 is 5.60 Å². The molecule has 1 unspecified atom stereocenters. The molecule has 1 amide bonds. The SMILES string of the molecule is CC(O)(CNC(=O)c1ccc(Cl)cc1Cl)c1cc2ccccc2s1. The normalized spacial score (nSPS) is 13.7. The Balaban J connectivity index is 1.75. The first-order chi connectivity index (χ1) is 11.4. The zero-order chi connectivity index (χ0) is 17.3. The van der Waals surface area contributed by atoms with E-state index in [-0.39, 0.29) is 17.5 Å². The summed E-state index contributed by atoms with van der Waals surface area (Å²) in [5.41, 5.74) is -0.841. The molecule has 3 rings (SSSR count). The van der Waals surface area contributed by atoms with Crippen LogP contribution in [0, 0.1) is 0 Å². The Morgan fingerprint density at radius 3 is 2.67 bits per heavy atom. The lowest BCUT2D eigenvalue weighted by molar-refractivity contribution is 0.0557. The van der Waals surface area contributed by atoms with Crippen LogP contribution in [0.2, 0.25) is 10.0 Å². The van der Waals surface area contributed by atoms with Crippen molar-refractivity contribution in [3.8, 4) is 0 Å². The van der Waals surface area contributed by atoms with Crippen LogP contribution in [0.25, 0.3) is 10.1 Å². The van der Waals surface area contributed by atoms with Crippen molar-refractivity contribution in [2.75, 3.05) is 6.54 Å². The molecule has 6 heteroatoms. The maximum atomic E-state index is 12.3. The molecule has 3 aromatic rings. The summed E-state index contributed by atoms with van der Waals surface area (Å²) in [6.07, 6.45) is 0. The lowest BCUT2D eigenvalue weighted by atomic mass is 10.0. The molecule has 0 spiro atoms. The molecule has 0 radical (unpaired) electrons. The number of amides is 1. The molecule has 24 heavy (non-hydrogen) atoms. The van der Waals surface area contributed by atoms with Gasteiger partial charge >= 0.3 is 0 Å². The zero-order valence-electron chi connectivity index (χ0n) is 12.8. The van der Waals surface area contributed by atoms with Crippen LogP contribution in [-0.2, 0) is 5.60 Å². The van der Waals surface area contributed by atoms with Gasteiger partial charge in [0.05, 0.1) is 17.1 Å². The van der Waals surface area contributed by atoms with Gasteiger partial charge in [-0.2, -0.15) is 0 Å². The van der Waals surface area contributed by atoms with Crippen LogP contribution in [0.15, 0.2) is 48.5 Å². The molecule has 1 atom stereocenters. The minimum absolute atomic E-state index is 0.0810. The third-order valence-corrected chi connectivity index (χ3v) is 5.64. The number of benzene rings is 2. The van der Waals surface area contributed by atoms with Crippen molar-refractivity contribution >= 4 is 50.5 Å². The number of nitrogens with one attached hydrogen (secondary N) is 1. The zero-order valence-corrected chi connectivity index (χ0v) is 15.2. The van der Waals surface area contributed by atoms with Crippen LogP contribution in [0.4, 0.5) is 0 Å². The molecule has 124 valence electrons. The fourth-order valence-corrected chi connectivity index (χ4v) is 3.96. The lowest BCUT2D eigenvalue weighted by Gasteiger charge is -2.22. The second-order valence-corrected chi connectivity index (χ2v) is 7.66. The van der Waals surface area contributed by atoms with E-state index in [1.807, 2.05) is 30.3 Å². The van der Waals surface area contributed by atoms with Crippen molar-refractivity contribution in [1.29, 1.82) is 0 Å². The smallest absolute Gasteiger partial charge is 0.252 e. The Bertz CT molecular complexity index is 872. The average Bonchev–Trinajstić information content (AvgIpc) is 2.98. The van der Waals surface area contributed by atoms with Crippen LogP contribution in [0.5, 0.6) is 0 Å². The van der Waals surface area contributed by atoms with Gasteiger partial charge in [-0.3, -0.25) is 4.79 Å². The highest BCUT2D eigenvalue weighted by Gasteiger charge is 2.26. The summed E-state index contributed by atoms with van der Waals surface area (Å²) in [5, 5.41) is 15.3. The highest BCUT2D eigenvalue weighted by atomic mass is 35.5. The molecular weight excluding hydrogens is 365 g/mol. The van der Waals surface area contributed by atoms with Gasteiger partial charge in [-0.1, -0.05) is 41.4 Å². The van der Waals surface area contributed by atoms with Gasteiger partial charge in [0.1, 0.15) is 5.60 Å². The first-order valence-electron chi connectivity index (χ1n) is 7.31. The largest absolute Gasteiger partial charge is 0.383 e. The molecule has 0 aliphatic heterocycles. The number of hydrogen-bond acceptors (Lipinski definition) is 3. The van der Waals surface area contributed by atoms with Crippen molar-refractivity contribution in [3.63, 3.8) is 0 Å². The van der Waals surface area contributed by atoms with Gasteiger partial charge in [0.25, 0.3) is 5.91 Å². The first kappa shape index (κ1) is 17.2. The number of fused-ring (bicyclic) bond motifs is 1. The van der Waals surface area contributed by atoms with Crippen molar-refractivity contribution < 1.29 is 9.90 Å². The molecule has 0 saturated heterocycles. The minimum atomic E-state index is -1.17. The maximum Gasteiger partial charge on any atom is 0.252 e. The molecule has 2 N–H and O–H groups in total. The van der Waals surface area contributed by atoms with E-state index in [1.54, 1.807) is 19.1 Å². The number of aliphatic hydroxyl groups is 1. The van der Waals surface area contributed by atoms with Crippen molar-refractivity contribution in [2.45, 2.75) is 12.5 Å². The predicted octanol–water partition coefficient (Wildman–Crippen LogP) is 4.85. The quantitative estimate of drug-likeness (QED) is 0.680. The summed E-state index contributed by atoms with van der Waals surface area (Å²) < 4.78 is 1.10. The predicted molar refractivity (Wildman–Crippen MR) is 100 cm³/mol. The highest BCUT2D eigenvalue weighted by Crippen LogP contribution is 2.33. The molecule has 0 aliphatic rings. The van der Waals surface area contributed by atoms with Crippen molar-refractivity contribution in [2.24, 2.45) is 0 Å². The second kappa shape index (κ2) is 6.73. The lowest BCUT2D eigenvalue weighted by Crippen LogP contribution is -2.38. The van der Waals surface area contributed by atoms with Gasteiger partial charge in [0.2, 0.25) is 0 Å². The van der Waals surface area contributed by atoms with Gasteiger partial charge in [0.15, 0.2) is 0 Å². The van der Waals surface area contributed by atoms with E-state index in [2.05, 4.69) is 5.32 Å². The molecule has 0 bridgehead atoms. The fourth-order valence-electron chi connectivity index (χ4n) is 2.36. The van der Waals surface area contributed by atoms with E-state index in [0.717, 1.165) is 15.0 Å². The van der Waals surface area contributed by atoms with Crippen LogP contribution >= 0.6 is 34.5 Å². The third-order valence-electron chi connectivity index (χ3n) is 3.73. The molecule has 0 saturated carbocycles. The number of carbonyl (C=O) groups excluding carboxylic acids is 1. The summed E-state index contributed by atoms with van der Waals surface area (Å²) in [6, 6.07) is 14.5. The number of hydrogen-bond donors (Lipinski definition) is 2. The summed E-state index contributed by atoms with van der Waals surface area (Å²) in [4.78, 5) is 13.1. The Labute approximate surface area is 153 Å². The molecule has 1 heterocycles.